The minimum atomic E-state index is -0.791. The van der Waals surface area contributed by atoms with Crippen molar-refractivity contribution in [2.24, 2.45) is 5.73 Å². The number of fused-ring (bicyclic) bond motifs is 1. The molecule has 0 spiro atoms. The van der Waals surface area contributed by atoms with E-state index >= 15 is 0 Å². The van der Waals surface area contributed by atoms with Crippen molar-refractivity contribution in [3.05, 3.63) is 23.8 Å². The monoisotopic (exact) mass is 279 g/mol. The Labute approximate surface area is 115 Å². The molecule has 107 valence electrons. The van der Waals surface area contributed by atoms with Crippen molar-refractivity contribution in [1.29, 1.82) is 0 Å². The Morgan fingerprint density at radius 2 is 2.30 bits per heavy atom. The fraction of sp³-hybridized carbons (Fsp3) is 0.385. The Hall–Kier alpha value is -2.28. The van der Waals surface area contributed by atoms with E-state index in [1.54, 1.807) is 0 Å². The predicted octanol–water partition coefficient (Wildman–Crippen LogP) is -0.776. The molecule has 4 N–H and O–H groups in total. The van der Waals surface area contributed by atoms with E-state index in [4.69, 9.17) is 20.3 Å². The lowest BCUT2D eigenvalue weighted by atomic mass is 10.1. The van der Waals surface area contributed by atoms with Crippen LogP contribution in [0.4, 0.5) is 0 Å². The van der Waals surface area contributed by atoms with Gasteiger partial charge in [-0.15, -0.1) is 0 Å². The van der Waals surface area contributed by atoms with Crippen LogP contribution in [0, 0.1) is 6.07 Å². The smallest absolute Gasteiger partial charge is 0.258 e. The first-order valence-corrected chi connectivity index (χ1v) is 6.15. The molecular formula is C13H15N2O5. The highest BCUT2D eigenvalue weighted by atomic mass is 16.5. The average Bonchev–Trinajstić information content (AvgIpc) is 2.66. The minimum Gasteiger partial charge on any atom is -0.489 e. The molecule has 1 aliphatic heterocycles. The van der Waals surface area contributed by atoms with E-state index in [2.05, 4.69) is 11.4 Å². The third-order valence-corrected chi connectivity index (χ3v) is 2.77. The largest absolute Gasteiger partial charge is 0.489 e. The summed E-state index contributed by atoms with van der Waals surface area (Å²) >= 11 is 0. The maximum Gasteiger partial charge on any atom is 0.258 e. The quantitative estimate of drug-likeness (QED) is 0.670. The number of carbonyl (C=O) groups excluding carboxylic acids is 2. The average molecular weight is 279 g/mol. The number of hydrogen-bond acceptors (Lipinski definition) is 5. The lowest BCUT2D eigenvalue weighted by Crippen LogP contribution is -2.33. The summed E-state index contributed by atoms with van der Waals surface area (Å²) in [6.07, 6.45) is -0.484. The van der Waals surface area contributed by atoms with Gasteiger partial charge in [0.15, 0.2) is 17.6 Å². The van der Waals surface area contributed by atoms with Gasteiger partial charge in [0.2, 0.25) is 0 Å². The van der Waals surface area contributed by atoms with Crippen LogP contribution in [0.25, 0.3) is 0 Å². The fourth-order valence-corrected chi connectivity index (χ4v) is 1.81. The molecule has 0 aliphatic carbocycles. The number of hydrogen-bond donors (Lipinski definition) is 3. The SMILES string of the molecule is NC(=O)C1CCOc2c(c[c]cc2C(=O)NCCO)O1. The summed E-state index contributed by atoms with van der Waals surface area (Å²) < 4.78 is 10.9. The highest BCUT2D eigenvalue weighted by molar-refractivity contribution is 5.97. The number of benzene rings is 1. The molecule has 0 aromatic heterocycles. The second-order valence-electron chi connectivity index (χ2n) is 4.19. The number of nitrogens with one attached hydrogen (secondary N) is 1. The summed E-state index contributed by atoms with van der Waals surface area (Å²) in [5, 5.41) is 11.2. The van der Waals surface area contributed by atoms with Gasteiger partial charge in [-0.3, -0.25) is 9.59 Å². The van der Waals surface area contributed by atoms with E-state index in [1.807, 2.05) is 0 Å². The number of aliphatic hydroxyl groups excluding tert-OH is 1. The normalized spacial score (nSPS) is 17.1. The third-order valence-electron chi connectivity index (χ3n) is 2.77. The lowest BCUT2D eigenvalue weighted by molar-refractivity contribution is -0.124. The molecule has 1 radical (unpaired) electrons. The van der Waals surface area contributed by atoms with Gasteiger partial charge in [0.1, 0.15) is 0 Å². The fourth-order valence-electron chi connectivity index (χ4n) is 1.81. The Morgan fingerprint density at radius 1 is 1.50 bits per heavy atom. The maximum absolute atomic E-state index is 11.9. The van der Waals surface area contributed by atoms with Gasteiger partial charge >= 0.3 is 0 Å². The van der Waals surface area contributed by atoms with E-state index in [1.165, 1.54) is 12.1 Å². The number of ether oxygens (including phenoxy) is 2. The first kappa shape index (κ1) is 14.1. The second kappa shape index (κ2) is 6.25. The molecule has 1 atom stereocenters. The zero-order valence-electron chi connectivity index (χ0n) is 10.7. The van der Waals surface area contributed by atoms with Gasteiger partial charge in [-0.25, -0.2) is 0 Å². The van der Waals surface area contributed by atoms with Crippen molar-refractivity contribution in [2.45, 2.75) is 12.5 Å². The van der Waals surface area contributed by atoms with Crippen LogP contribution in [-0.2, 0) is 4.79 Å². The van der Waals surface area contributed by atoms with Gasteiger partial charge in [-0.05, 0) is 18.2 Å². The zero-order chi connectivity index (χ0) is 14.5. The van der Waals surface area contributed by atoms with Crippen LogP contribution in [0.1, 0.15) is 16.8 Å². The summed E-state index contributed by atoms with van der Waals surface area (Å²) in [4.78, 5) is 23.1. The van der Waals surface area contributed by atoms with E-state index in [0.717, 1.165) is 0 Å². The minimum absolute atomic E-state index is 0.132. The summed E-state index contributed by atoms with van der Waals surface area (Å²) in [5.74, 6) is -0.490. The molecule has 2 rings (SSSR count). The number of amides is 2. The molecule has 7 heteroatoms. The Bertz CT molecular complexity index is 517. The van der Waals surface area contributed by atoms with Crippen molar-refractivity contribution in [3.8, 4) is 11.5 Å². The molecule has 1 aromatic rings. The number of nitrogens with two attached hydrogens (primary N) is 1. The van der Waals surface area contributed by atoms with Crippen LogP contribution in [0.2, 0.25) is 0 Å². The van der Waals surface area contributed by atoms with E-state index in [-0.39, 0.29) is 36.8 Å². The molecule has 1 heterocycles. The van der Waals surface area contributed by atoms with E-state index in [0.29, 0.717) is 6.42 Å². The highest BCUT2D eigenvalue weighted by Gasteiger charge is 2.26. The van der Waals surface area contributed by atoms with Crippen LogP contribution < -0.4 is 20.5 Å². The van der Waals surface area contributed by atoms with Crippen molar-refractivity contribution in [3.63, 3.8) is 0 Å². The van der Waals surface area contributed by atoms with Gasteiger partial charge in [0, 0.05) is 13.0 Å². The lowest BCUT2D eigenvalue weighted by Gasteiger charge is -2.13. The summed E-state index contributed by atoms with van der Waals surface area (Å²) in [7, 11) is 0. The molecule has 2 amide bonds. The maximum atomic E-state index is 11.9. The number of aliphatic hydroxyl groups is 1. The summed E-state index contributed by atoms with van der Waals surface area (Å²) in [5.41, 5.74) is 5.46. The molecular weight excluding hydrogens is 264 g/mol. The van der Waals surface area contributed by atoms with E-state index in [9.17, 15) is 9.59 Å². The van der Waals surface area contributed by atoms with Gasteiger partial charge in [-0.2, -0.15) is 0 Å². The van der Waals surface area contributed by atoms with Crippen molar-refractivity contribution in [1.82, 2.24) is 5.32 Å². The molecule has 1 aromatic carbocycles. The summed E-state index contributed by atoms with van der Waals surface area (Å²) in [6.45, 7) is 0.184. The summed E-state index contributed by atoms with van der Waals surface area (Å²) in [6, 6.07) is 5.70. The van der Waals surface area contributed by atoms with Crippen molar-refractivity contribution >= 4 is 11.8 Å². The molecule has 1 aliphatic rings. The van der Waals surface area contributed by atoms with Gasteiger partial charge in [0.05, 0.1) is 18.8 Å². The molecule has 0 fully saturated rings. The molecule has 7 nitrogen and oxygen atoms in total. The van der Waals surface area contributed by atoms with Crippen LogP contribution in [-0.4, -0.2) is 42.8 Å². The highest BCUT2D eigenvalue weighted by Crippen LogP contribution is 2.34. The number of rotatable bonds is 4. The number of carbonyl (C=O) groups is 2. The van der Waals surface area contributed by atoms with Crippen LogP contribution in [0.15, 0.2) is 12.1 Å². The zero-order valence-corrected chi connectivity index (χ0v) is 10.7. The van der Waals surface area contributed by atoms with Gasteiger partial charge < -0.3 is 25.6 Å². The predicted molar refractivity (Wildman–Crippen MR) is 68.4 cm³/mol. The second-order valence-corrected chi connectivity index (χ2v) is 4.19. The van der Waals surface area contributed by atoms with Crippen LogP contribution in [0.3, 0.4) is 0 Å². The van der Waals surface area contributed by atoms with Crippen molar-refractivity contribution < 1.29 is 24.2 Å². The van der Waals surface area contributed by atoms with Crippen LogP contribution in [0.5, 0.6) is 11.5 Å². The molecule has 0 bridgehead atoms. The number of primary amides is 1. The molecule has 0 saturated heterocycles. The Morgan fingerprint density at radius 3 is 3.00 bits per heavy atom. The van der Waals surface area contributed by atoms with Gasteiger partial charge in [0.25, 0.3) is 11.8 Å². The Balaban J connectivity index is 2.27. The molecule has 1 unspecified atom stereocenters. The Kier molecular flexibility index (Phi) is 4.41. The molecule has 20 heavy (non-hydrogen) atoms. The first-order chi connectivity index (χ1) is 9.63. The molecule has 0 saturated carbocycles. The van der Waals surface area contributed by atoms with Gasteiger partial charge in [-0.1, -0.05) is 0 Å². The standard InChI is InChI=1S/C13H15N2O5/c14-12(17)10-4-7-19-11-8(13(18)15-5-6-16)2-1-3-9(11)20-10/h2-3,10,16H,4-7H2,(H2,14,17)(H,15,18). The third kappa shape index (κ3) is 3.00. The van der Waals surface area contributed by atoms with Crippen molar-refractivity contribution in [2.75, 3.05) is 19.8 Å². The first-order valence-electron chi connectivity index (χ1n) is 6.15. The topological polar surface area (TPSA) is 111 Å². The van der Waals surface area contributed by atoms with E-state index < -0.39 is 17.9 Å². The van der Waals surface area contributed by atoms with Crippen LogP contribution >= 0.6 is 0 Å².